The third-order valence-electron chi connectivity index (χ3n) is 7.58. The molecule has 8 heteroatoms. The van der Waals surface area contributed by atoms with Gasteiger partial charge in [-0.25, -0.2) is 4.79 Å². The first kappa shape index (κ1) is 23.8. The molecule has 1 aliphatic carbocycles. The highest BCUT2D eigenvalue weighted by Crippen LogP contribution is 2.59. The van der Waals surface area contributed by atoms with Gasteiger partial charge in [-0.2, -0.15) is 0 Å². The van der Waals surface area contributed by atoms with Crippen LogP contribution in [0.2, 0.25) is 0 Å². The molecule has 0 unspecified atom stereocenters. The summed E-state index contributed by atoms with van der Waals surface area (Å²) in [6, 6.07) is 26.3. The third-order valence-corrected chi connectivity index (χ3v) is 9.69. The highest BCUT2D eigenvalue weighted by Gasteiger charge is 2.51. The summed E-state index contributed by atoms with van der Waals surface area (Å²) < 4.78 is 0. The van der Waals surface area contributed by atoms with E-state index in [1.807, 2.05) is 24.3 Å². The summed E-state index contributed by atoms with van der Waals surface area (Å²) in [6.45, 7) is 0. The van der Waals surface area contributed by atoms with E-state index in [1.54, 1.807) is 30.3 Å². The number of nitro benzene ring substituents is 1. The SMILES string of the molecule is O=C(O)c1cccc2c1N[C@@H](c1cccc3ccccc13)[C@H]1C[C@H](Sc3ccccc3[N+](=O)[O-])[C@H](Cl)[C@H]21. The Hall–Kier alpha value is -3.55. The predicted octanol–water partition coefficient (Wildman–Crippen LogP) is 7.48. The number of hydrogen-bond acceptors (Lipinski definition) is 5. The van der Waals surface area contributed by atoms with Gasteiger partial charge in [-0.15, -0.1) is 23.4 Å². The number of benzene rings is 4. The number of carboxylic acids is 1. The number of nitro groups is 1. The molecular formula is C29H23ClN2O4S. The lowest BCUT2D eigenvalue weighted by molar-refractivity contribution is -0.387. The molecule has 4 aromatic carbocycles. The van der Waals surface area contributed by atoms with Crippen LogP contribution in [0.3, 0.4) is 0 Å². The molecule has 1 fully saturated rings. The maximum atomic E-state index is 12.2. The van der Waals surface area contributed by atoms with Crippen molar-refractivity contribution in [3.63, 3.8) is 0 Å². The summed E-state index contributed by atoms with van der Waals surface area (Å²) >= 11 is 8.65. The Morgan fingerprint density at radius 1 is 0.973 bits per heavy atom. The van der Waals surface area contributed by atoms with Crippen molar-refractivity contribution in [2.45, 2.75) is 33.9 Å². The topological polar surface area (TPSA) is 92.5 Å². The lowest BCUT2D eigenvalue weighted by atomic mass is 9.75. The van der Waals surface area contributed by atoms with Crippen molar-refractivity contribution in [2.75, 3.05) is 5.32 Å². The number of anilines is 1. The molecule has 0 radical (unpaired) electrons. The van der Waals surface area contributed by atoms with E-state index in [0.29, 0.717) is 10.6 Å². The average Bonchev–Trinajstić information content (AvgIpc) is 3.23. The second-order valence-corrected chi connectivity index (χ2v) is 11.3. The van der Waals surface area contributed by atoms with Crippen molar-refractivity contribution < 1.29 is 14.8 Å². The highest BCUT2D eigenvalue weighted by molar-refractivity contribution is 8.00. The summed E-state index contributed by atoms with van der Waals surface area (Å²) in [5.74, 6) is -1.03. The van der Waals surface area contributed by atoms with Gasteiger partial charge in [0.1, 0.15) is 0 Å². The number of alkyl halides is 1. The molecule has 0 amide bonds. The zero-order valence-electron chi connectivity index (χ0n) is 19.6. The van der Waals surface area contributed by atoms with Crippen molar-refractivity contribution in [2.24, 2.45) is 5.92 Å². The Labute approximate surface area is 222 Å². The first-order valence-corrected chi connectivity index (χ1v) is 13.4. The predicted molar refractivity (Wildman–Crippen MR) is 147 cm³/mol. The van der Waals surface area contributed by atoms with Gasteiger partial charge in [0.2, 0.25) is 0 Å². The van der Waals surface area contributed by atoms with Crippen LogP contribution in [-0.4, -0.2) is 26.6 Å². The number of carboxylic acid groups (broad SMARTS) is 1. The normalized spacial score (nSPS) is 24.2. The number of thioether (sulfide) groups is 1. The lowest BCUT2D eigenvalue weighted by Gasteiger charge is -2.39. The third kappa shape index (κ3) is 4.03. The fourth-order valence-electron chi connectivity index (χ4n) is 6.02. The molecule has 2 N–H and O–H groups in total. The van der Waals surface area contributed by atoms with E-state index in [0.717, 1.165) is 28.3 Å². The molecule has 4 aromatic rings. The van der Waals surface area contributed by atoms with Crippen molar-refractivity contribution in [3.8, 4) is 0 Å². The van der Waals surface area contributed by atoms with Crippen LogP contribution in [0.25, 0.3) is 10.8 Å². The number of nitrogens with zero attached hydrogens (tertiary/aromatic N) is 1. The summed E-state index contributed by atoms with van der Waals surface area (Å²) in [6.07, 6.45) is 0.729. The van der Waals surface area contributed by atoms with Gasteiger partial charge in [-0.05, 0) is 46.4 Å². The summed E-state index contributed by atoms with van der Waals surface area (Å²) in [5.41, 5.74) is 2.89. The van der Waals surface area contributed by atoms with Gasteiger partial charge in [0.05, 0.1) is 32.5 Å². The van der Waals surface area contributed by atoms with Crippen LogP contribution in [0.4, 0.5) is 11.4 Å². The number of rotatable bonds is 5. The van der Waals surface area contributed by atoms with Gasteiger partial charge in [0.25, 0.3) is 5.69 Å². The second-order valence-electron chi connectivity index (χ2n) is 9.52. The lowest BCUT2D eigenvalue weighted by Crippen LogP contribution is -2.32. The molecule has 1 saturated carbocycles. The Bertz CT molecular complexity index is 1540. The standard InChI is InChI=1S/C29H23ClN2O4S/c30-26-24(37-23-14-4-3-13-22(23)32(35)36)15-21-25(26)19-11-6-12-20(29(33)34)28(19)31-27(21)18-10-5-8-16-7-1-2-9-17(16)18/h1-14,21,24-27,31H,15H2,(H,33,34)/t21-,24-,25+,26-,27-/m0/s1. The maximum absolute atomic E-state index is 12.2. The Morgan fingerprint density at radius 2 is 1.68 bits per heavy atom. The largest absolute Gasteiger partial charge is 0.478 e. The number of halogens is 1. The number of hydrogen-bond donors (Lipinski definition) is 2. The van der Waals surface area contributed by atoms with E-state index < -0.39 is 5.97 Å². The summed E-state index contributed by atoms with van der Waals surface area (Å²) in [4.78, 5) is 24.1. The molecule has 37 heavy (non-hydrogen) atoms. The molecule has 1 aliphatic heterocycles. The zero-order valence-corrected chi connectivity index (χ0v) is 21.2. The smallest absolute Gasteiger partial charge is 0.337 e. The molecule has 2 aliphatic rings. The van der Waals surface area contributed by atoms with Crippen molar-refractivity contribution in [3.05, 3.63) is 112 Å². The van der Waals surface area contributed by atoms with Gasteiger partial charge in [-0.1, -0.05) is 66.7 Å². The molecule has 0 spiro atoms. The van der Waals surface area contributed by atoms with Gasteiger partial charge in [0.15, 0.2) is 0 Å². The van der Waals surface area contributed by atoms with E-state index >= 15 is 0 Å². The van der Waals surface area contributed by atoms with Crippen LogP contribution >= 0.6 is 23.4 Å². The number of nitrogens with one attached hydrogen (secondary N) is 1. The van der Waals surface area contributed by atoms with Crippen LogP contribution in [0, 0.1) is 16.0 Å². The molecule has 6 nitrogen and oxygen atoms in total. The molecule has 6 rings (SSSR count). The second kappa shape index (κ2) is 9.39. The number of para-hydroxylation sites is 2. The van der Waals surface area contributed by atoms with Crippen LogP contribution < -0.4 is 5.32 Å². The van der Waals surface area contributed by atoms with Crippen molar-refractivity contribution in [1.82, 2.24) is 0 Å². The zero-order chi connectivity index (χ0) is 25.7. The molecule has 0 aromatic heterocycles. The molecule has 5 atom stereocenters. The monoisotopic (exact) mass is 530 g/mol. The van der Waals surface area contributed by atoms with E-state index in [9.17, 15) is 20.0 Å². The fraction of sp³-hybridized carbons (Fsp3) is 0.207. The molecule has 0 saturated heterocycles. The summed E-state index contributed by atoms with van der Waals surface area (Å²) in [5, 5.41) is 27.0. The van der Waals surface area contributed by atoms with Crippen LogP contribution in [0.5, 0.6) is 0 Å². The Kier molecular flexibility index (Phi) is 6.05. The van der Waals surface area contributed by atoms with Crippen molar-refractivity contribution >= 4 is 51.5 Å². The first-order chi connectivity index (χ1) is 17.9. The Morgan fingerprint density at radius 3 is 2.49 bits per heavy atom. The molecule has 1 heterocycles. The average molecular weight is 531 g/mol. The van der Waals surface area contributed by atoms with E-state index in [1.165, 1.54) is 17.8 Å². The van der Waals surface area contributed by atoms with Crippen molar-refractivity contribution in [1.29, 1.82) is 0 Å². The molecule has 0 bridgehead atoms. The maximum Gasteiger partial charge on any atom is 0.337 e. The molecule has 186 valence electrons. The Balaban J connectivity index is 1.47. The van der Waals surface area contributed by atoms with E-state index in [2.05, 4.69) is 29.6 Å². The van der Waals surface area contributed by atoms with Gasteiger partial charge in [-0.3, -0.25) is 10.1 Å². The quantitative estimate of drug-likeness (QED) is 0.158. The highest BCUT2D eigenvalue weighted by atomic mass is 35.5. The minimum absolute atomic E-state index is 0.0727. The van der Waals surface area contributed by atoms with Crippen LogP contribution in [0.1, 0.15) is 39.9 Å². The number of carbonyl (C=O) groups is 1. The van der Waals surface area contributed by atoms with Gasteiger partial charge in [0, 0.05) is 17.2 Å². The summed E-state index contributed by atoms with van der Waals surface area (Å²) in [7, 11) is 0. The van der Waals surface area contributed by atoms with E-state index in [4.69, 9.17) is 11.6 Å². The minimum atomic E-state index is -0.991. The number of fused-ring (bicyclic) bond motifs is 4. The van der Waals surface area contributed by atoms with Crippen LogP contribution in [-0.2, 0) is 0 Å². The molecular weight excluding hydrogens is 508 g/mol. The van der Waals surface area contributed by atoms with Gasteiger partial charge < -0.3 is 10.4 Å². The van der Waals surface area contributed by atoms with E-state index in [-0.39, 0.29) is 44.7 Å². The van der Waals surface area contributed by atoms with Gasteiger partial charge >= 0.3 is 5.97 Å². The first-order valence-electron chi connectivity index (χ1n) is 12.1. The van der Waals surface area contributed by atoms with Crippen LogP contribution in [0.15, 0.2) is 89.8 Å². The minimum Gasteiger partial charge on any atom is -0.478 e. The number of aromatic carboxylic acids is 1. The fourth-order valence-corrected chi connectivity index (χ4v) is 7.97.